The maximum atomic E-state index is 12.1. The van der Waals surface area contributed by atoms with Gasteiger partial charge in [0.05, 0.1) is 11.4 Å². The van der Waals surface area contributed by atoms with E-state index in [2.05, 4.69) is 25.6 Å². The number of benzene rings is 1. The summed E-state index contributed by atoms with van der Waals surface area (Å²) in [7, 11) is -3.67. The molecule has 1 aromatic carbocycles. The molecule has 102 valence electrons. The zero-order valence-electron chi connectivity index (χ0n) is 9.51. The summed E-state index contributed by atoms with van der Waals surface area (Å²) in [4.78, 5) is 13.3. The average molecular weight is 364 g/mol. The summed E-state index contributed by atoms with van der Waals surface area (Å²) in [5.41, 5.74) is 6.54. The van der Waals surface area contributed by atoms with Crippen LogP contribution in [0.4, 0.5) is 5.69 Å². The standard InChI is InChI=1S/C10H10BrN3O3S2/c11-8-3-6(12)1-2-9(8)19(16,17)13-4-7-5-18-10(15)14-7/h1-3,5,13H,4,12H2,(H,14,15). The Labute approximate surface area is 121 Å². The minimum Gasteiger partial charge on any atom is -0.399 e. The Hall–Kier alpha value is -1.16. The van der Waals surface area contributed by atoms with Crippen LogP contribution >= 0.6 is 27.3 Å². The number of thiazole rings is 1. The summed E-state index contributed by atoms with van der Waals surface area (Å²) in [6.07, 6.45) is 0. The van der Waals surface area contributed by atoms with Crippen LogP contribution in [0.15, 0.2) is 37.7 Å². The minimum absolute atomic E-state index is 0.0257. The van der Waals surface area contributed by atoms with Gasteiger partial charge in [-0.25, -0.2) is 13.1 Å². The first-order valence-corrected chi connectivity index (χ1v) is 8.25. The zero-order chi connectivity index (χ0) is 14.0. The van der Waals surface area contributed by atoms with Crippen molar-refractivity contribution < 1.29 is 8.42 Å². The fourth-order valence-electron chi connectivity index (χ4n) is 1.39. The highest BCUT2D eigenvalue weighted by atomic mass is 79.9. The summed E-state index contributed by atoms with van der Waals surface area (Å²) in [6, 6.07) is 4.44. The Kier molecular flexibility index (Phi) is 4.09. The second-order valence-corrected chi connectivity index (χ2v) is 7.12. The zero-order valence-corrected chi connectivity index (χ0v) is 12.7. The monoisotopic (exact) mass is 363 g/mol. The lowest BCUT2D eigenvalue weighted by atomic mass is 10.3. The van der Waals surface area contributed by atoms with Crippen LogP contribution in [0.3, 0.4) is 0 Å². The number of aromatic amines is 1. The molecule has 0 unspecified atom stereocenters. The van der Waals surface area contributed by atoms with E-state index in [1.165, 1.54) is 18.2 Å². The number of H-pyrrole nitrogens is 1. The van der Waals surface area contributed by atoms with Crippen molar-refractivity contribution in [2.75, 3.05) is 5.73 Å². The van der Waals surface area contributed by atoms with Crippen molar-refractivity contribution >= 4 is 43.0 Å². The Balaban J connectivity index is 2.20. The molecule has 0 fully saturated rings. The fourth-order valence-corrected chi connectivity index (χ4v) is 4.07. The lowest BCUT2D eigenvalue weighted by Crippen LogP contribution is -2.24. The number of nitrogens with one attached hydrogen (secondary N) is 2. The van der Waals surface area contributed by atoms with Crippen molar-refractivity contribution in [2.24, 2.45) is 0 Å². The van der Waals surface area contributed by atoms with E-state index >= 15 is 0 Å². The molecule has 1 heterocycles. The van der Waals surface area contributed by atoms with Crippen LogP contribution in [-0.4, -0.2) is 13.4 Å². The molecule has 2 rings (SSSR count). The third-order valence-corrected chi connectivity index (χ3v) is 5.37. The highest BCUT2D eigenvalue weighted by molar-refractivity contribution is 9.10. The molecular weight excluding hydrogens is 354 g/mol. The quantitative estimate of drug-likeness (QED) is 0.711. The lowest BCUT2D eigenvalue weighted by Gasteiger charge is -2.08. The molecular formula is C10H10BrN3O3S2. The number of hydrogen-bond donors (Lipinski definition) is 3. The van der Waals surface area contributed by atoms with Gasteiger partial charge in [-0.3, -0.25) is 4.79 Å². The molecule has 0 saturated carbocycles. The van der Waals surface area contributed by atoms with Crippen LogP contribution in [0.2, 0.25) is 0 Å². The van der Waals surface area contributed by atoms with Gasteiger partial charge in [0.1, 0.15) is 0 Å². The molecule has 0 spiro atoms. The molecule has 2 aromatic rings. The predicted molar refractivity (Wildman–Crippen MR) is 77.5 cm³/mol. The largest absolute Gasteiger partial charge is 0.399 e. The molecule has 0 atom stereocenters. The Bertz CT molecular complexity index is 751. The third-order valence-electron chi connectivity index (χ3n) is 2.27. The van der Waals surface area contributed by atoms with Gasteiger partial charge in [0.15, 0.2) is 0 Å². The van der Waals surface area contributed by atoms with Gasteiger partial charge in [0.25, 0.3) is 0 Å². The molecule has 0 bridgehead atoms. The number of hydrogen-bond acceptors (Lipinski definition) is 5. The van der Waals surface area contributed by atoms with Crippen molar-refractivity contribution in [1.82, 2.24) is 9.71 Å². The SMILES string of the molecule is Nc1ccc(S(=O)(=O)NCc2csc(=O)[nH]2)c(Br)c1. The molecule has 9 heteroatoms. The van der Waals surface area contributed by atoms with Gasteiger partial charge in [0, 0.05) is 21.2 Å². The smallest absolute Gasteiger partial charge is 0.304 e. The Morgan fingerprint density at radius 3 is 2.74 bits per heavy atom. The van der Waals surface area contributed by atoms with E-state index in [4.69, 9.17) is 5.73 Å². The van der Waals surface area contributed by atoms with Gasteiger partial charge in [-0.1, -0.05) is 11.3 Å². The second kappa shape index (κ2) is 5.45. The Morgan fingerprint density at radius 1 is 1.42 bits per heavy atom. The molecule has 0 aliphatic rings. The van der Waals surface area contributed by atoms with Crippen molar-refractivity contribution in [3.8, 4) is 0 Å². The second-order valence-electron chi connectivity index (χ2n) is 3.69. The van der Waals surface area contributed by atoms with E-state index in [0.717, 1.165) is 11.3 Å². The van der Waals surface area contributed by atoms with E-state index in [-0.39, 0.29) is 16.3 Å². The molecule has 1 aromatic heterocycles. The summed E-state index contributed by atoms with van der Waals surface area (Å²) >= 11 is 4.14. The van der Waals surface area contributed by atoms with E-state index in [9.17, 15) is 13.2 Å². The van der Waals surface area contributed by atoms with Gasteiger partial charge in [-0.2, -0.15) is 0 Å². The fraction of sp³-hybridized carbons (Fsp3) is 0.100. The van der Waals surface area contributed by atoms with Crippen molar-refractivity contribution in [3.05, 3.63) is 43.4 Å². The summed E-state index contributed by atoms with van der Waals surface area (Å²) in [5.74, 6) is 0. The van der Waals surface area contributed by atoms with E-state index in [1.807, 2.05) is 0 Å². The van der Waals surface area contributed by atoms with Gasteiger partial charge in [0.2, 0.25) is 10.0 Å². The maximum Gasteiger partial charge on any atom is 0.304 e. The molecule has 0 amide bonds. The minimum atomic E-state index is -3.67. The van der Waals surface area contributed by atoms with Crippen LogP contribution in [0.1, 0.15) is 5.69 Å². The highest BCUT2D eigenvalue weighted by Crippen LogP contribution is 2.24. The van der Waals surface area contributed by atoms with Crippen LogP contribution < -0.4 is 15.3 Å². The van der Waals surface area contributed by atoms with Crippen molar-refractivity contribution in [1.29, 1.82) is 0 Å². The molecule has 0 aliphatic heterocycles. The van der Waals surface area contributed by atoms with Crippen LogP contribution in [0, 0.1) is 0 Å². The predicted octanol–water partition coefficient (Wildman–Crippen LogP) is 1.26. The molecule has 0 aliphatic carbocycles. The van der Waals surface area contributed by atoms with Crippen molar-refractivity contribution in [3.63, 3.8) is 0 Å². The Morgan fingerprint density at radius 2 is 2.16 bits per heavy atom. The first-order chi connectivity index (χ1) is 8.88. The van der Waals surface area contributed by atoms with Crippen molar-refractivity contribution in [2.45, 2.75) is 11.4 Å². The summed E-state index contributed by atoms with van der Waals surface area (Å²) in [5, 5.41) is 1.57. The van der Waals surface area contributed by atoms with Crippen LogP contribution in [0.5, 0.6) is 0 Å². The highest BCUT2D eigenvalue weighted by Gasteiger charge is 2.17. The normalized spacial score (nSPS) is 11.6. The van der Waals surface area contributed by atoms with Gasteiger partial charge >= 0.3 is 4.87 Å². The van der Waals surface area contributed by atoms with Gasteiger partial charge in [-0.15, -0.1) is 0 Å². The first-order valence-electron chi connectivity index (χ1n) is 5.10. The molecule has 0 radical (unpaired) electrons. The van der Waals surface area contributed by atoms with E-state index in [0.29, 0.717) is 15.9 Å². The van der Waals surface area contributed by atoms with E-state index in [1.54, 1.807) is 5.38 Å². The van der Waals surface area contributed by atoms with Crippen LogP contribution in [0.25, 0.3) is 0 Å². The molecule has 4 N–H and O–H groups in total. The van der Waals surface area contributed by atoms with E-state index < -0.39 is 10.0 Å². The number of nitrogen functional groups attached to an aromatic ring is 1. The van der Waals surface area contributed by atoms with Gasteiger partial charge in [-0.05, 0) is 34.1 Å². The number of sulfonamides is 1. The van der Waals surface area contributed by atoms with Crippen LogP contribution in [-0.2, 0) is 16.6 Å². The third kappa shape index (κ3) is 3.44. The summed E-state index contributed by atoms with van der Waals surface area (Å²) < 4.78 is 26.9. The first kappa shape index (κ1) is 14.3. The molecule has 0 saturated heterocycles. The average Bonchev–Trinajstić information content (AvgIpc) is 2.72. The number of anilines is 1. The molecule has 6 nitrogen and oxygen atoms in total. The number of nitrogens with two attached hydrogens (primary N) is 1. The number of rotatable bonds is 4. The summed E-state index contributed by atoms with van der Waals surface area (Å²) in [6.45, 7) is 0.0257. The number of halogens is 1. The molecule has 19 heavy (non-hydrogen) atoms. The topological polar surface area (TPSA) is 105 Å². The van der Waals surface area contributed by atoms with Gasteiger partial charge < -0.3 is 10.7 Å². The number of aromatic nitrogens is 1. The maximum absolute atomic E-state index is 12.1. The lowest BCUT2D eigenvalue weighted by molar-refractivity contribution is 0.580.